The molecule has 1 heterocycles. The van der Waals surface area contributed by atoms with Crippen LogP contribution < -0.4 is 15.6 Å². The third-order valence-corrected chi connectivity index (χ3v) is 4.81. The molecule has 0 aliphatic heterocycles. The Morgan fingerprint density at radius 2 is 1.87 bits per heavy atom. The van der Waals surface area contributed by atoms with Gasteiger partial charge in [0.1, 0.15) is 5.75 Å². The van der Waals surface area contributed by atoms with E-state index in [0.717, 1.165) is 16.6 Å². The molecule has 0 radical (unpaired) electrons. The minimum atomic E-state index is -0.358. The number of methoxy groups -OCH3 is 1. The third kappa shape index (κ3) is 5.69. The average molecular weight is 397 g/mol. The van der Waals surface area contributed by atoms with Gasteiger partial charge in [0, 0.05) is 16.9 Å². The summed E-state index contributed by atoms with van der Waals surface area (Å²) < 4.78 is 6.11. The number of benzene rings is 1. The van der Waals surface area contributed by atoms with Crippen LogP contribution in [-0.4, -0.2) is 18.9 Å². The number of rotatable bonds is 6. The van der Waals surface area contributed by atoms with Crippen molar-refractivity contribution in [2.24, 2.45) is 0 Å². The van der Waals surface area contributed by atoms with Gasteiger partial charge < -0.3 is 4.74 Å². The monoisotopic (exact) mass is 396 g/mol. The van der Waals surface area contributed by atoms with Gasteiger partial charge in [-0.3, -0.25) is 20.4 Å². The summed E-state index contributed by atoms with van der Waals surface area (Å²) in [5.74, 6) is 0.108. The first-order valence-corrected chi connectivity index (χ1v) is 8.67. The number of carbonyl (C=O) groups is 2. The highest BCUT2D eigenvalue weighted by Crippen LogP contribution is 2.23. The summed E-state index contributed by atoms with van der Waals surface area (Å²) in [5, 5.41) is 0. The van der Waals surface area contributed by atoms with E-state index in [0.29, 0.717) is 17.7 Å². The van der Waals surface area contributed by atoms with Gasteiger partial charge in [0.05, 0.1) is 10.9 Å². The van der Waals surface area contributed by atoms with E-state index in [9.17, 15) is 9.59 Å². The Balaban J connectivity index is 1.69. The molecule has 0 aliphatic rings. The highest BCUT2D eigenvalue weighted by atomic mass is 79.9. The summed E-state index contributed by atoms with van der Waals surface area (Å²) in [5.41, 5.74) is 5.28. The van der Waals surface area contributed by atoms with Crippen molar-refractivity contribution in [2.75, 3.05) is 7.11 Å². The number of carbonyl (C=O) groups excluding carboxylic acids is 2. The lowest BCUT2D eigenvalue weighted by Gasteiger charge is -2.07. The Hall–Kier alpha value is -1.86. The molecule has 0 atom stereocenters. The number of hydrogen-bond acceptors (Lipinski definition) is 4. The van der Waals surface area contributed by atoms with Crippen molar-refractivity contribution in [3.8, 4) is 5.75 Å². The van der Waals surface area contributed by atoms with E-state index in [1.807, 2.05) is 12.1 Å². The maximum absolute atomic E-state index is 11.9. The first-order chi connectivity index (χ1) is 11.1. The number of aryl methyl sites for hydroxylation is 1. The van der Waals surface area contributed by atoms with E-state index >= 15 is 0 Å². The van der Waals surface area contributed by atoms with Crippen LogP contribution in [0.3, 0.4) is 0 Å². The van der Waals surface area contributed by atoms with Crippen LogP contribution in [0.25, 0.3) is 0 Å². The minimum Gasteiger partial charge on any atom is -0.497 e. The van der Waals surface area contributed by atoms with Gasteiger partial charge in [0.2, 0.25) is 5.91 Å². The molecule has 122 valence electrons. The lowest BCUT2D eigenvalue weighted by molar-refractivity contribution is -0.121. The van der Waals surface area contributed by atoms with Crippen molar-refractivity contribution in [1.29, 1.82) is 0 Å². The zero-order valence-corrected chi connectivity index (χ0v) is 15.0. The van der Waals surface area contributed by atoms with Crippen molar-refractivity contribution in [1.82, 2.24) is 10.9 Å². The zero-order valence-electron chi connectivity index (χ0n) is 12.6. The van der Waals surface area contributed by atoms with E-state index in [1.54, 1.807) is 42.7 Å². The van der Waals surface area contributed by atoms with Crippen LogP contribution >= 0.6 is 27.3 Å². The lowest BCUT2D eigenvalue weighted by atomic mass is 10.2. The molecule has 0 unspecified atom stereocenters. The molecule has 0 aliphatic carbocycles. The van der Waals surface area contributed by atoms with Crippen molar-refractivity contribution in [3.63, 3.8) is 0 Å². The Morgan fingerprint density at radius 1 is 1.13 bits per heavy atom. The number of ether oxygens (including phenoxy) is 1. The van der Waals surface area contributed by atoms with Crippen LogP contribution in [0.15, 0.2) is 40.2 Å². The number of halogens is 1. The smallest absolute Gasteiger partial charge is 0.269 e. The SMILES string of the molecule is COc1ccc(C(=O)NNC(=O)CCCc2ccc(Br)s2)cc1. The average Bonchev–Trinajstić information content (AvgIpc) is 2.98. The molecule has 2 amide bonds. The fraction of sp³-hybridized carbons (Fsp3) is 0.250. The van der Waals surface area contributed by atoms with Crippen LogP contribution in [0.4, 0.5) is 0 Å². The van der Waals surface area contributed by atoms with Gasteiger partial charge in [0.15, 0.2) is 0 Å². The number of hydrogen-bond donors (Lipinski definition) is 2. The summed E-state index contributed by atoms with van der Waals surface area (Å²) in [6, 6.07) is 10.7. The number of amides is 2. The topological polar surface area (TPSA) is 67.4 Å². The van der Waals surface area contributed by atoms with Crippen molar-refractivity contribution in [2.45, 2.75) is 19.3 Å². The van der Waals surface area contributed by atoms with Crippen molar-refractivity contribution < 1.29 is 14.3 Å². The van der Waals surface area contributed by atoms with E-state index < -0.39 is 0 Å². The molecule has 2 rings (SSSR count). The molecule has 0 saturated carbocycles. The van der Waals surface area contributed by atoms with Gasteiger partial charge in [-0.15, -0.1) is 11.3 Å². The van der Waals surface area contributed by atoms with Crippen LogP contribution in [0.5, 0.6) is 5.75 Å². The normalized spacial score (nSPS) is 10.2. The zero-order chi connectivity index (χ0) is 16.7. The van der Waals surface area contributed by atoms with Gasteiger partial charge in [0.25, 0.3) is 5.91 Å². The van der Waals surface area contributed by atoms with Crippen LogP contribution in [0.1, 0.15) is 28.1 Å². The number of thiophene rings is 1. The van der Waals surface area contributed by atoms with E-state index in [4.69, 9.17) is 4.74 Å². The molecule has 1 aromatic carbocycles. The highest BCUT2D eigenvalue weighted by Gasteiger charge is 2.08. The van der Waals surface area contributed by atoms with E-state index in [-0.39, 0.29) is 11.8 Å². The van der Waals surface area contributed by atoms with Crippen LogP contribution in [0.2, 0.25) is 0 Å². The largest absolute Gasteiger partial charge is 0.497 e. The molecule has 5 nitrogen and oxygen atoms in total. The van der Waals surface area contributed by atoms with Gasteiger partial charge in [-0.2, -0.15) is 0 Å². The molecule has 0 saturated heterocycles. The van der Waals surface area contributed by atoms with Crippen molar-refractivity contribution >= 4 is 39.1 Å². The first-order valence-electron chi connectivity index (χ1n) is 7.06. The third-order valence-electron chi connectivity index (χ3n) is 3.12. The summed E-state index contributed by atoms with van der Waals surface area (Å²) in [6.07, 6.45) is 1.94. The maximum atomic E-state index is 11.9. The van der Waals surface area contributed by atoms with E-state index in [1.165, 1.54) is 4.88 Å². The molecule has 1 aromatic heterocycles. The van der Waals surface area contributed by atoms with Gasteiger partial charge >= 0.3 is 0 Å². The Bertz CT molecular complexity index is 670. The second-order valence-electron chi connectivity index (χ2n) is 4.79. The highest BCUT2D eigenvalue weighted by molar-refractivity contribution is 9.11. The Kier molecular flexibility index (Phi) is 6.61. The molecular formula is C16H17BrN2O3S. The fourth-order valence-electron chi connectivity index (χ4n) is 1.91. The second-order valence-corrected chi connectivity index (χ2v) is 7.34. The van der Waals surface area contributed by atoms with Crippen molar-refractivity contribution in [3.05, 3.63) is 50.6 Å². The van der Waals surface area contributed by atoms with Gasteiger partial charge in [-0.1, -0.05) is 0 Å². The van der Waals surface area contributed by atoms with Crippen LogP contribution in [-0.2, 0) is 11.2 Å². The summed E-state index contributed by atoms with van der Waals surface area (Å²) in [6.45, 7) is 0. The predicted octanol–water partition coefficient (Wildman–Crippen LogP) is 3.30. The van der Waals surface area contributed by atoms with Gasteiger partial charge in [-0.25, -0.2) is 0 Å². The Labute approximate surface area is 147 Å². The molecule has 2 N–H and O–H groups in total. The van der Waals surface area contributed by atoms with Gasteiger partial charge in [-0.05, 0) is 65.2 Å². The summed E-state index contributed by atoms with van der Waals surface area (Å²) >= 11 is 5.07. The number of hydrazine groups is 1. The maximum Gasteiger partial charge on any atom is 0.269 e. The van der Waals surface area contributed by atoms with E-state index in [2.05, 4.69) is 26.8 Å². The summed E-state index contributed by atoms with van der Waals surface area (Å²) in [4.78, 5) is 24.8. The molecule has 0 spiro atoms. The molecule has 2 aromatic rings. The molecule has 0 bridgehead atoms. The molecule has 23 heavy (non-hydrogen) atoms. The van der Waals surface area contributed by atoms with Crippen LogP contribution in [0, 0.1) is 0 Å². The Morgan fingerprint density at radius 3 is 2.48 bits per heavy atom. The lowest BCUT2D eigenvalue weighted by Crippen LogP contribution is -2.41. The summed E-state index contributed by atoms with van der Waals surface area (Å²) in [7, 11) is 1.56. The number of nitrogens with one attached hydrogen (secondary N) is 2. The standard InChI is InChI=1S/C16H17BrN2O3S/c1-22-12-7-5-11(6-8-12)16(21)19-18-15(20)4-2-3-13-9-10-14(17)23-13/h5-10H,2-4H2,1H3,(H,18,20)(H,19,21). The molecule has 7 heteroatoms. The first kappa shape index (κ1) is 17.5. The fourth-order valence-corrected chi connectivity index (χ4v) is 3.44. The quantitative estimate of drug-likeness (QED) is 0.735. The second kappa shape index (κ2) is 8.69. The minimum absolute atomic E-state index is 0.206. The predicted molar refractivity (Wildman–Crippen MR) is 93.6 cm³/mol. The molecule has 0 fully saturated rings. The molecular weight excluding hydrogens is 380 g/mol.